The van der Waals surface area contributed by atoms with E-state index in [0.717, 1.165) is 35.4 Å². The maximum absolute atomic E-state index is 12.9. The zero-order chi connectivity index (χ0) is 17.8. The van der Waals surface area contributed by atoms with Crippen molar-refractivity contribution in [3.8, 4) is 5.88 Å². The molecule has 0 aliphatic carbocycles. The van der Waals surface area contributed by atoms with E-state index in [4.69, 9.17) is 10.5 Å². The highest BCUT2D eigenvalue weighted by molar-refractivity contribution is 7.98. The van der Waals surface area contributed by atoms with E-state index in [2.05, 4.69) is 4.98 Å². The molecule has 0 spiro atoms. The molecule has 25 heavy (non-hydrogen) atoms. The Balaban J connectivity index is 1.72. The van der Waals surface area contributed by atoms with E-state index in [-0.39, 0.29) is 12.0 Å². The summed E-state index contributed by atoms with van der Waals surface area (Å²) in [4.78, 5) is 20.1. The number of hydrogen-bond donors (Lipinski definition) is 1. The number of carbonyl (C=O) groups is 1. The molecular formula is C19H23N3O2S. The average molecular weight is 357 g/mol. The second-order valence-electron chi connectivity index (χ2n) is 6.16. The molecule has 2 aromatic rings. The van der Waals surface area contributed by atoms with Crippen molar-refractivity contribution in [3.63, 3.8) is 0 Å². The third-order valence-corrected chi connectivity index (χ3v) is 5.28. The lowest BCUT2D eigenvalue weighted by Crippen LogP contribution is -2.44. The molecule has 3 rings (SSSR count). The number of thioether (sulfide) groups is 1. The van der Waals surface area contributed by atoms with Gasteiger partial charge in [0.25, 0.3) is 5.91 Å². The summed E-state index contributed by atoms with van der Waals surface area (Å²) in [6.45, 7) is 3.22. The van der Waals surface area contributed by atoms with E-state index in [1.165, 1.54) is 0 Å². The van der Waals surface area contributed by atoms with Crippen LogP contribution in [-0.2, 0) is 0 Å². The first-order chi connectivity index (χ1) is 12.1. The van der Waals surface area contributed by atoms with Crippen molar-refractivity contribution in [1.82, 2.24) is 9.88 Å². The molecule has 1 aromatic heterocycles. The highest BCUT2D eigenvalue weighted by Crippen LogP contribution is 2.26. The number of benzene rings is 1. The number of likely N-dealkylation sites (tertiary alicyclic amines) is 1. The molecule has 1 atom stereocenters. The van der Waals surface area contributed by atoms with Gasteiger partial charge in [-0.2, -0.15) is 0 Å². The fraction of sp³-hybridized carbons (Fsp3) is 0.368. The fourth-order valence-electron chi connectivity index (χ4n) is 3.02. The Morgan fingerprint density at radius 1 is 1.36 bits per heavy atom. The predicted octanol–water partition coefficient (Wildman–Crippen LogP) is 3.38. The van der Waals surface area contributed by atoms with Gasteiger partial charge in [-0.15, -0.1) is 11.8 Å². The summed E-state index contributed by atoms with van der Waals surface area (Å²) in [5.74, 6) is 0.624. The summed E-state index contributed by atoms with van der Waals surface area (Å²) < 4.78 is 6.05. The van der Waals surface area contributed by atoms with Gasteiger partial charge in [0.05, 0.1) is 12.1 Å². The van der Waals surface area contributed by atoms with Gasteiger partial charge in [0.2, 0.25) is 5.88 Å². The minimum atomic E-state index is -0.0628. The van der Waals surface area contributed by atoms with E-state index in [9.17, 15) is 4.79 Å². The molecule has 2 N–H and O–H groups in total. The first kappa shape index (κ1) is 17.6. The number of aromatic nitrogens is 1. The molecule has 0 saturated carbocycles. The molecule has 1 amide bonds. The summed E-state index contributed by atoms with van der Waals surface area (Å²) in [5.41, 5.74) is 8.20. The third kappa shape index (κ3) is 3.90. The smallest absolute Gasteiger partial charge is 0.255 e. The number of carbonyl (C=O) groups excluding carboxylic acids is 1. The van der Waals surface area contributed by atoms with Gasteiger partial charge in [-0.05, 0) is 44.2 Å². The number of nitrogen functional groups attached to an aromatic ring is 1. The van der Waals surface area contributed by atoms with Crippen molar-refractivity contribution >= 4 is 23.4 Å². The molecular weight excluding hydrogens is 334 g/mol. The molecule has 1 aliphatic rings. The van der Waals surface area contributed by atoms with E-state index in [0.29, 0.717) is 18.1 Å². The lowest BCUT2D eigenvalue weighted by atomic mass is 10.1. The number of pyridine rings is 1. The zero-order valence-electron chi connectivity index (χ0n) is 14.6. The SMILES string of the molecule is CSc1ccccc1C(=O)N1CCCC(Oc2nccc(N)c2C)C1. The Bertz CT molecular complexity index is 766. The fourth-order valence-corrected chi connectivity index (χ4v) is 3.61. The second-order valence-corrected chi connectivity index (χ2v) is 7.01. The quantitative estimate of drug-likeness (QED) is 0.850. The largest absolute Gasteiger partial charge is 0.472 e. The molecule has 5 nitrogen and oxygen atoms in total. The van der Waals surface area contributed by atoms with Crippen LogP contribution in [0.15, 0.2) is 41.4 Å². The van der Waals surface area contributed by atoms with Crippen LogP contribution in [0.5, 0.6) is 5.88 Å². The van der Waals surface area contributed by atoms with E-state index in [1.54, 1.807) is 24.0 Å². The summed E-state index contributed by atoms with van der Waals surface area (Å²) in [6.07, 6.45) is 5.40. The van der Waals surface area contributed by atoms with Crippen LogP contribution < -0.4 is 10.5 Å². The number of amides is 1. The summed E-state index contributed by atoms with van der Waals surface area (Å²) in [5, 5.41) is 0. The van der Waals surface area contributed by atoms with Crippen LogP contribution in [-0.4, -0.2) is 41.2 Å². The first-order valence-corrected chi connectivity index (χ1v) is 9.62. The molecule has 0 radical (unpaired) electrons. The Labute approximate surface area is 152 Å². The Hall–Kier alpha value is -2.21. The van der Waals surface area contributed by atoms with Gasteiger partial charge < -0.3 is 15.4 Å². The zero-order valence-corrected chi connectivity index (χ0v) is 15.4. The maximum Gasteiger partial charge on any atom is 0.255 e. The molecule has 6 heteroatoms. The number of piperidine rings is 1. The summed E-state index contributed by atoms with van der Waals surface area (Å²) >= 11 is 1.59. The minimum absolute atomic E-state index is 0.0628. The van der Waals surface area contributed by atoms with Gasteiger partial charge in [0.15, 0.2) is 0 Å². The molecule has 0 bridgehead atoms. The summed E-state index contributed by atoms with van der Waals surface area (Å²) in [6, 6.07) is 9.50. The molecule has 1 unspecified atom stereocenters. The van der Waals surface area contributed by atoms with Crippen molar-refractivity contribution in [2.75, 3.05) is 25.1 Å². The normalized spacial score (nSPS) is 17.4. The Morgan fingerprint density at radius 2 is 2.16 bits per heavy atom. The average Bonchev–Trinajstić information content (AvgIpc) is 2.65. The van der Waals surface area contributed by atoms with E-state index >= 15 is 0 Å². The molecule has 2 heterocycles. The van der Waals surface area contributed by atoms with Crippen LogP contribution >= 0.6 is 11.8 Å². The third-order valence-electron chi connectivity index (χ3n) is 4.48. The number of anilines is 1. The van der Waals surface area contributed by atoms with Gasteiger partial charge in [-0.25, -0.2) is 4.98 Å². The number of ether oxygens (including phenoxy) is 1. The summed E-state index contributed by atoms with van der Waals surface area (Å²) in [7, 11) is 0. The van der Waals surface area contributed by atoms with Gasteiger partial charge in [0, 0.05) is 28.9 Å². The maximum atomic E-state index is 12.9. The molecule has 1 saturated heterocycles. The standard InChI is InChI=1S/C19H23N3O2S/c1-13-16(20)9-10-21-18(13)24-14-6-5-11-22(12-14)19(23)15-7-3-4-8-17(15)25-2/h3-4,7-10,14H,5-6,11-12H2,1-2H3,(H2,20,21). The van der Waals surface area contributed by atoms with Gasteiger partial charge in [-0.1, -0.05) is 12.1 Å². The highest BCUT2D eigenvalue weighted by Gasteiger charge is 2.27. The second kappa shape index (κ2) is 7.78. The van der Waals surface area contributed by atoms with Crippen LogP contribution in [0.3, 0.4) is 0 Å². The van der Waals surface area contributed by atoms with Crippen molar-refractivity contribution in [2.24, 2.45) is 0 Å². The van der Waals surface area contributed by atoms with Gasteiger partial charge in [-0.3, -0.25) is 4.79 Å². The van der Waals surface area contributed by atoms with Crippen molar-refractivity contribution in [1.29, 1.82) is 0 Å². The van der Waals surface area contributed by atoms with Crippen molar-refractivity contribution in [2.45, 2.75) is 30.8 Å². The topological polar surface area (TPSA) is 68.5 Å². The number of hydrogen-bond acceptors (Lipinski definition) is 5. The number of nitrogens with two attached hydrogens (primary N) is 1. The lowest BCUT2D eigenvalue weighted by molar-refractivity contribution is 0.0523. The van der Waals surface area contributed by atoms with Gasteiger partial charge >= 0.3 is 0 Å². The molecule has 1 fully saturated rings. The Kier molecular flexibility index (Phi) is 5.48. The van der Waals surface area contributed by atoms with Crippen LogP contribution in [0.25, 0.3) is 0 Å². The number of rotatable bonds is 4. The predicted molar refractivity (Wildman–Crippen MR) is 101 cm³/mol. The monoisotopic (exact) mass is 357 g/mol. The van der Waals surface area contributed by atoms with Crippen LogP contribution in [0, 0.1) is 6.92 Å². The molecule has 1 aromatic carbocycles. The lowest BCUT2D eigenvalue weighted by Gasteiger charge is -2.33. The van der Waals surface area contributed by atoms with E-state index < -0.39 is 0 Å². The van der Waals surface area contributed by atoms with Crippen molar-refractivity contribution in [3.05, 3.63) is 47.7 Å². The van der Waals surface area contributed by atoms with Crippen LogP contribution in [0.1, 0.15) is 28.8 Å². The molecule has 1 aliphatic heterocycles. The highest BCUT2D eigenvalue weighted by atomic mass is 32.2. The number of nitrogens with zero attached hydrogens (tertiary/aromatic N) is 2. The van der Waals surface area contributed by atoms with Gasteiger partial charge in [0.1, 0.15) is 6.10 Å². The minimum Gasteiger partial charge on any atom is -0.472 e. The van der Waals surface area contributed by atoms with Crippen LogP contribution in [0.4, 0.5) is 5.69 Å². The Morgan fingerprint density at radius 3 is 2.96 bits per heavy atom. The van der Waals surface area contributed by atoms with Crippen LogP contribution in [0.2, 0.25) is 0 Å². The molecule has 132 valence electrons. The van der Waals surface area contributed by atoms with Crippen molar-refractivity contribution < 1.29 is 9.53 Å². The van der Waals surface area contributed by atoms with E-state index in [1.807, 2.05) is 42.3 Å². The first-order valence-electron chi connectivity index (χ1n) is 8.40.